The van der Waals surface area contributed by atoms with Crippen molar-refractivity contribution in [2.24, 2.45) is 0 Å². The lowest BCUT2D eigenvalue weighted by atomic mass is 9.99. The van der Waals surface area contributed by atoms with E-state index in [-0.39, 0.29) is 6.04 Å². The minimum Gasteiger partial charge on any atom is -0.313 e. The molecule has 1 rings (SSSR count). The van der Waals surface area contributed by atoms with Crippen LogP contribution in [-0.2, 0) is 6.18 Å². The lowest BCUT2D eigenvalue weighted by Crippen LogP contribution is -2.16. The van der Waals surface area contributed by atoms with E-state index in [1.807, 2.05) is 6.92 Å². The number of hydrogen-bond donors (Lipinski definition) is 1. The number of nitrogens with one attached hydrogen (secondary N) is 1. The average molecular weight is 243 g/mol. The first-order chi connectivity index (χ1) is 7.84. The minimum absolute atomic E-state index is 0.00906. The molecule has 0 saturated heterocycles. The molecule has 0 bridgehead atoms. The van der Waals surface area contributed by atoms with Crippen molar-refractivity contribution in [3.63, 3.8) is 0 Å². The second-order valence-electron chi connectivity index (χ2n) is 4.12. The van der Waals surface area contributed by atoms with Gasteiger partial charge < -0.3 is 5.32 Å². The highest BCUT2D eigenvalue weighted by Gasteiger charge is 2.30. The third-order valence-electron chi connectivity index (χ3n) is 2.54. The van der Waals surface area contributed by atoms with Crippen molar-refractivity contribution < 1.29 is 13.2 Å². The highest BCUT2D eigenvalue weighted by Crippen LogP contribution is 2.30. The summed E-state index contributed by atoms with van der Waals surface area (Å²) < 4.78 is 37.1. The Morgan fingerprint density at radius 3 is 2.18 bits per heavy atom. The van der Waals surface area contributed by atoms with Crippen LogP contribution in [0.25, 0.3) is 0 Å². The molecule has 94 valence electrons. The van der Waals surface area contributed by atoms with Crippen molar-refractivity contribution in [1.29, 1.82) is 0 Å². The van der Waals surface area contributed by atoms with Crippen LogP contribution < -0.4 is 5.32 Å². The summed E-state index contributed by atoms with van der Waals surface area (Å²) in [5, 5.41) is 3.07. The summed E-state index contributed by atoms with van der Waals surface area (Å²) in [6.07, 6.45) is -3.57. The first-order valence-corrected chi connectivity index (χ1v) is 5.33. The van der Waals surface area contributed by atoms with Gasteiger partial charge in [0.05, 0.1) is 5.56 Å². The maximum Gasteiger partial charge on any atom is 0.416 e. The van der Waals surface area contributed by atoms with Crippen molar-refractivity contribution in [3.8, 4) is 0 Å². The van der Waals surface area contributed by atoms with Crippen LogP contribution >= 0.6 is 0 Å². The largest absolute Gasteiger partial charge is 0.416 e. The molecule has 1 nitrogen and oxygen atoms in total. The zero-order chi connectivity index (χ0) is 13.1. The summed E-state index contributed by atoms with van der Waals surface area (Å²) >= 11 is 0. The van der Waals surface area contributed by atoms with Gasteiger partial charge in [0.25, 0.3) is 0 Å². The zero-order valence-electron chi connectivity index (χ0n) is 9.93. The van der Waals surface area contributed by atoms with Crippen molar-refractivity contribution >= 4 is 0 Å². The molecule has 0 aromatic heterocycles. The third kappa shape index (κ3) is 3.89. The van der Waals surface area contributed by atoms with E-state index in [2.05, 4.69) is 11.9 Å². The monoisotopic (exact) mass is 243 g/mol. The zero-order valence-corrected chi connectivity index (χ0v) is 9.93. The van der Waals surface area contributed by atoms with Gasteiger partial charge in [-0.05, 0) is 38.1 Å². The van der Waals surface area contributed by atoms with Crippen LogP contribution in [0, 0.1) is 0 Å². The van der Waals surface area contributed by atoms with Gasteiger partial charge >= 0.3 is 6.18 Å². The smallest absolute Gasteiger partial charge is 0.313 e. The Kier molecular flexibility index (Phi) is 4.34. The van der Waals surface area contributed by atoms with Gasteiger partial charge in [-0.25, -0.2) is 0 Å². The molecular formula is C13H16F3N. The average Bonchev–Trinajstić information content (AvgIpc) is 2.24. The highest BCUT2D eigenvalue weighted by molar-refractivity contribution is 5.27. The molecular weight excluding hydrogens is 227 g/mol. The normalized spacial score (nSPS) is 13.5. The summed E-state index contributed by atoms with van der Waals surface area (Å²) in [5.74, 6) is 0. The van der Waals surface area contributed by atoms with Crippen molar-refractivity contribution in [1.82, 2.24) is 5.32 Å². The molecule has 0 fully saturated rings. The van der Waals surface area contributed by atoms with Crippen molar-refractivity contribution in [2.75, 3.05) is 7.05 Å². The van der Waals surface area contributed by atoms with E-state index in [1.54, 1.807) is 7.05 Å². The summed E-state index contributed by atoms with van der Waals surface area (Å²) in [5.41, 5.74) is 1.21. The topological polar surface area (TPSA) is 12.0 Å². The molecule has 17 heavy (non-hydrogen) atoms. The molecule has 0 spiro atoms. The summed E-state index contributed by atoms with van der Waals surface area (Å²) in [6.45, 7) is 5.70. The van der Waals surface area contributed by atoms with Crippen LogP contribution in [0.1, 0.15) is 30.5 Å². The Morgan fingerprint density at radius 1 is 1.29 bits per heavy atom. The van der Waals surface area contributed by atoms with Crippen molar-refractivity contribution in [2.45, 2.75) is 25.6 Å². The second kappa shape index (κ2) is 5.36. The van der Waals surface area contributed by atoms with Crippen LogP contribution in [0.3, 0.4) is 0 Å². The molecule has 1 atom stereocenters. The number of alkyl halides is 3. The molecule has 0 amide bonds. The Balaban J connectivity index is 2.89. The molecule has 1 aromatic carbocycles. The van der Waals surface area contributed by atoms with E-state index >= 15 is 0 Å². The number of rotatable bonds is 4. The second-order valence-corrected chi connectivity index (χ2v) is 4.12. The summed E-state index contributed by atoms with van der Waals surface area (Å²) in [4.78, 5) is 0. The number of halogens is 3. The van der Waals surface area contributed by atoms with E-state index in [0.717, 1.165) is 23.3 Å². The van der Waals surface area contributed by atoms with Gasteiger partial charge in [0.2, 0.25) is 0 Å². The molecule has 0 saturated carbocycles. The van der Waals surface area contributed by atoms with Crippen LogP contribution in [0.15, 0.2) is 36.4 Å². The van der Waals surface area contributed by atoms with E-state index in [1.165, 1.54) is 12.1 Å². The fraction of sp³-hybridized carbons (Fsp3) is 0.385. The van der Waals surface area contributed by atoms with Crippen LogP contribution in [0.2, 0.25) is 0 Å². The van der Waals surface area contributed by atoms with Crippen molar-refractivity contribution in [3.05, 3.63) is 47.5 Å². The van der Waals surface area contributed by atoms with E-state index in [4.69, 9.17) is 0 Å². The first-order valence-electron chi connectivity index (χ1n) is 5.33. The Labute approximate surface area is 99.3 Å². The quantitative estimate of drug-likeness (QED) is 0.790. The molecule has 0 aliphatic heterocycles. The minimum atomic E-state index is -4.28. The van der Waals surface area contributed by atoms with E-state index in [9.17, 15) is 13.2 Å². The van der Waals surface area contributed by atoms with Gasteiger partial charge in [0.1, 0.15) is 0 Å². The Morgan fingerprint density at radius 2 is 1.82 bits per heavy atom. The number of benzene rings is 1. The fourth-order valence-corrected chi connectivity index (χ4v) is 1.64. The van der Waals surface area contributed by atoms with E-state index < -0.39 is 11.7 Å². The molecule has 0 aliphatic rings. The first kappa shape index (κ1) is 13.8. The predicted octanol–water partition coefficient (Wildman–Crippen LogP) is 3.93. The molecule has 0 aliphatic carbocycles. The maximum absolute atomic E-state index is 12.4. The SMILES string of the molecule is C=C(C)CC(NC)c1ccc(C(F)(F)F)cc1. The molecule has 1 unspecified atom stereocenters. The van der Waals surface area contributed by atoms with Crippen LogP contribution in [0.4, 0.5) is 13.2 Å². The maximum atomic E-state index is 12.4. The molecule has 0 heterocycles. The van der Waals surface area contributed by atoms with Gasteiger partial charge in [-0.15, -0.1) is 6.58 Å². The predicted molar refractivity (Wildman–Crippen MR) is 62.7 cm³/mol. The highest BCUT2D eigenvalue weighted by atomic mass is 19.4. The third-order valence-corrected chi connectivity index (χ3v) is 2.54. The van der Waals surface area contributed by atoms with Gasteiger partial charge in [0.15, 0.2) is 0 Å². The van der Waals surface area contributed by atoms with Gasteiger partial charge in [-0.3, -0.25) is 0 Å². The van der Waals surface area contributed by atoms with E-state index in [0.29, 0.717) is 6.42 Å². The molecule has 1 aromatic rings. The van der Waals surface area contributed by atoms with Gasteiger partial charge in [0, 0.05) is 6.04 Å². The molecule has 0 radical (unpaired) electrons. The fourth-order valence-electron chi connectivity index (χ4n) is 1.64. The van der Waals surface area contributed by atoms with Gasteiger partial charge in [-0.2, -0.15) is 13.2 Å². The Hall–Kier alpha value is -1.29. The van der Waals surface area contributed by atoms with Gasteiger partial charge in [-0.1, -0.05) is 17.7 Å². The lowest BCUT2D eigenvalue weighted by Gasteiger charge is -2.17. The molecule has 4 heteroatoms. The standard InChI is InChI=1S/C13H16F3N/c1-9(2)8-12(17-3)10-4-6-11(7-5-10)13(14,15)16/h4-7,12,17H,1,8H2,2-3H3. The number of hydrogen-bond acceptors (Lipinski definition) is 1. The lowest BCUT2D eigenvalue weighted by molar-refractivity contribution is -0.137. The van der Waals surface area contributed by atoms with Crippen LogP contribution in [0.5, 0.6) is 0 Å². The summed E-state index contributed by atoms with van der Waals surface area (Å²) in [7, 11) is 1.78. The summed E-state index contributed by atoms with van der Waals surface area (Å²) in [6, 6.07) is 5.24. The Bertz CT molecular complexity index is 379. The molecule has 1 N–H and O–H groups in total. The van der Waals surface area contributed by atoms with Crippen LogP contribution in [-0.4, -0.2) is 7.05 Å².